The molecular formula is C24H19F3N2O4S. The zero-order chi connectivity index (χ0) is 24.3. The number of hydrogen-bond acceptors (Lipinski definition) is 5. The smallest absolute Gasteiger partial charge is 0.417 e. The molecule has 5 rings (SSSR count). The summed E-state index contributed by atoms with van der Waals surface area (Å²) in [5.41, 5.74) is -1.36. The van der Waals surface area contributed by atoms with Crippen molar-refractivity contribution in [3.05, 3.63) is 77.4 Å². The minimum Gasteiger partial charge on any atom is -0.460 e. The van der Waals surface area contributed by atoms with Crippen LogP contribution in [0.15, 0.2) is 60.7 Å². The molecule has 1 heterocycles. The monoisotopic (exact) mass is 488 g/mol. The highest BCUT2D eigenvalue weighted by Gasteiger charge is 2.74. The average molecular weight is 488 g/mol. The van der Waals surface area contributed by atoms with Crippen LogP contribution in [0.5, 0.6) is 0 Å². The summed E-state index contributed by atoms with van der Waals surface area (Å²) in [6.07, 6.45) is -0.796. The van der Waals surface area contributed by atoms with Gasteiger partial charge in [-0.25, -0.2) is 8.42 Å². The number of sulfonamides is 1. The maximum atomic E-state index is 13.9. The maximum absolute atomic E-state index is 13.9. The minimum atomic E-state index is -4.84. The fourth-order valence-electron chi connectivity index (χ4n) is 5.56. The van der Waals surface area contributed by atoms with E-state index in [0.717, 1.165) is 10.4 Å². The highest BCUT2D eigenvalue weighted by atomic mass is 32.2. The summed E-state index contributed by atoms with van der Waals surface area (Å²) in [4.78, 5) is 13.4. The average Bonchev–Trinajstić information content (AvgIpc) is 3.47. The van der Waals surface area contributed by atoms with Crippen LogP contribution in [0.2, 0.25) is 0 Å². The van der Waals surface area contributed by atoms with Crippen molar-refractivity contribution in [2.45, 2.75) is 24.0 Å². The molecule has 0 unspecified atom stereocenters. The lowest BCUT2D eigenvalue weighted by molar-refractivity contribution is -0.150. The highest BCUT2D eigenvalue weighted by molar-refractivity contribution is 7.95. The summed E-state index contributed by atoms with van der Waals surface area (Å²) in [6, 6.07) is 13.1. The second-order valence-corrected chi connectivity index (χ2v) is 10.8. The molecular weight excluding hydrogens is 469 g/mol. The van der Waals surface area contributed by atoms with Crippen LogP contribution in [-0.4, -0.2) is 25.7 Å². The molecule has 1 saturated heterocycles. The molecule has 1 saturated carbocycles. The maximum Gasteiger partial charge on any atom is 0.417 e. The van der Waals surface area contributed by atoms with E-state index in [4.69, 9.17) is 10.00 Å². The van der Waals surface area contributed by atoms with Crippen molar-refractivity contribution in [3.63, 3.8) is 0 Å². The van der Waals surface area contributed by atoms with Crippen LogP contribution in [0.1, 0.15) is 23.1 Å². The van der Waals surface area contributed by atoms with Gasteiger partial charge in [0.25, 0.3) is 10.0 Å². The summed E-state index contributed by atoms with van der Waals surface area (Å²) in [5, 5.41) is 9.07. The Bertz CT molecular complexity index is 1330. The number of carbonyl (C=O) groups excluding carboxylic acids is 1. The van der Waals surface area contributed by atoms with E-state index in [2.05, 4.69) is 0 Å². The number of rotatable bonds is 4. The van der Waals surface area contributed by atoms with Crippen molar-refractivity contribution >= 4 is 21.7 Å². The Kier molecular flexibility index (Phi) is 5.02. The fraction of sp³-hybridized carbons (Fsp3) is 0.333. The lowest BCUT2D eigenvalue weighted by atomic mass is 9.82. The van der Waals surface area contributed by atoms with Gasteiger partial charge in [-0.2, -0.15) is 18.4 Å². The van der Waals surface area contributed by atoms with Crippen LogP contribution >= 0.6 is 0 Å². The van der Waals surface area contributed by atoms with Gasteiger partial charge in [0, 0.05) is 18.4 Å². The minimum absolute atomic E-state index is 0.111. The molecule has 3 aliphatic rings. The number of allylic oxidation sites excluding steroid dienone is 2. The van der Waals surface area contributed by atoms with Gasteiger partial charge in [0.1, 0.15) is 6.61 Å². The first kappa shape index (κ1) is 22.5. The first-order valence-corrected chi connectivity index (χ1v) is 12.1. The standard InChI is InChI=1S/C24H19F3N2O4S/c25-24(26,27)20-11-19(9-7-17(20)12-28)29-13-21-16-6-8-18(10-16)23(21,34(29,31)32)22(30)33-14-15-4-2-1-3-5-15/h1-9,11,16,18,21H,10,13-14H2/t16-,18+,21-,23+/m0/s1. The molecule has 1 aliphatic heterocycles. The van der Waals surface area contributed by atoms with E-state index in [-0.39, 0.29) is 24.8 Å². The third-order valence-electron chi connectivity index (χ3n) is 7.06. The van der Waals surface area contributed by atoms with E-state index >= 15 is 0 Å². The molecule has 4 atom stereocenters. The predicted octanol–water partition coefficient (Wildman–Crippen LogP) is 4.03. The van der Waals surface area contributed by atoms with Gasteiger partial charge in [0.05, 0.1) is 22.9 Å². The number of alkyl halides is 3. The zero-order valence-corrected chi connectivity index (χ0v) is 18.5. The summed E-state index contributed by atoms with van der Waals surface area (Å²) in [6.45, 7) is -0.253. The number of fused-ring (bicyclic) bond motifs is 5. The molecule has 0 amide bonds. The molecule has 2 aliphatic carbocycles. The van der Waals surface area contributed by atoms with Crippen molar-refractivity contribution in [2.24, 2.45) is 17.8 Å². The number of halogens is 3. The molecule has 10 heteroatoms. The van der Waals surface area contributed by atoms with E-state index in [1.165, 1.54) is 12.1 Å². The van der Waals surface area contributed by atoms with Gasteiger partial charge in [-0.15, -0.1) is 0 Å². The van der Waals surface area contributed by atoms with Gasteiger partial charge in [-0.05, 0) is 36.1 Å². The van der Waals surface area contributed by atoms with Crippen molar-refractivity contribution in [1.82, 2.24) is 0 Å². The molecule has 2 bridgehead atoms. The van der Waals surface area contributed by atoms with Crippen LogP contribution in [0.25, 0.3) is 0 Å². The first-order valence-electron chi connectivity index (χ1n) is 10.6. The van der Waals surface area contributed by atoms with E-state index < -0.39 is 49.9 Å². The second-order valence-electron chi connectivity index (χ2n) is 8.73. The van der Waals surface area contributed by atoms with Gasteiger partial charge in [0.15, 0.2) is 4.75 Å². The largest absolute Gasteiger partial charge is 0.460 e. The lowest BCUT2D eigenvalue weighted by Crippen LogP contribution is -2.54. The van der Waals surface area contributed by atoms with E-state index in [0.29, 0.717) is 18.1 Å². The van der Waals surface area contributed by atoms with Gasteiger partial charge in [-0.1, -0.05) is 42.5 Å². The molecule has 0 aromatic heterocycles. The third-order valence-corrected chi connectivity index (χ3v) is 9.63. The van der Waals surface area contributed by atoms with Crippen molar-refractivity contribution in [1.29, 1.82) is 5.26 Å². The van der Waals surface area contributed by atoms with E-state index in [9.17, 15) is 26.4 Å². The number of esters is 1. The Morgan fingerprint density at radius 1 is 1.18 bits per heavy atom. The Balaban J connectivity index is 1.55. The second kappa shape index (κ2) is 7.60. The first-order chi connectivity index (χ1) is 16.1. The van der Waals surface area contributed by atoms with Crippen LogP contribution in [0, 0.1) is 29.1 Å². The van der Waals surface area contributed by atoms with Gasteiger partial charge >= 0.3 is 12.1 Å². The highest BCUT2D eigenvalue weighted by Crippen LogP contribution is 2.60. The number of anilines is 1. The summed E-state index contributed by atoms with van der Waals surface area (Å²) in [5.74, 6) is -2.36. The van der Waals surface area contributed by atoms with Gasteiger partial charge in [-0.3, -0.25) is 9.10 Å². The van der Waals surface area contributed by atoms with E-state index in [1.807, 2.05) is 6.08 Å². The molecule has 2 aromatic carbocycles. The van der Waals surface area contributed by atoms with Crippen molar-refractivity contribution < 1.29 is 31.1 Å². The molecule has 6 nitrogen and oxygen atoms in total. The fourth-order valence-corrected chi connectivity index (χ4v) is 8.13. The summed E-state index contributed by atoms with van der Waals surface area (Å²) >= 11 is 0. The lowest BCUT2D eigenvalue weighted by Gasteiger charge is -2.32. The van der Waals surface area contributed by atoms with E-state index in [1.54, 1.807) is 36.4 Å². The van der Waals surface area contributed by atoms with Crippen LogP contribution in [0.3, 0.4) is 0 Å². The Labute approximate surface area is 194 Å². The Morgan fingerprint density at radius 3 is 2.59 bits per heavy atom. The third kappa shape index (κ3) is 3.06. The topological polar surface area (TPSA) is 87.5 Å². The normalized spacial score (nSPS) is 28.5. The molecule has 2 aromatic rings. The summed E-state index contributed by atoms with van der Waals surface area (Å²) < 4.78 is 72.9. The van der Waals surface area contributed by atoms with Crippen LogP contribution < -0.4 is 4.31 Å². The zero-order valence-electron chi connectivity index (χ0n) is 17.7. The molecule has 176 valence electrons. The molecule has 0 N–H and O–H groups in total. The molecule has 0 radical (unpaired) electrons. The predicted molar refractivity (Wildman–Crippen MR) is 116 cm³/mol. The number of nitrogens with zero attached hydrogens (tertiary/aromatic N) is 2. The van der Waals surface area contributed by atoms with Crippen molar-refractivity contribution in [3.8, 4) is 6.07 Å². The Morgan fingerprint density at radius 2 is 1.91 bits per heavy atom. The number of ether oxygens (including phenoxy) is 1. The molecule has 34 heavy (non-hydrogen) atoms. The molecule has 0 spiro atoms. The van der Waals surface area contributed by atoms with Gasteiger partial charge in [0.2, 0.25) is 0 Å². The Hall–Kier alpha value is -3.32. The number of benzene rings is 2. The van der Waals surface area contributed by atoms with Gasteiger partial charge < -0.3 is 4.74 Å². The number of nitriles is 1. The van der Waals surface area contributed by atoms with Crippen LogP contribution in [-0.2, 0) is 32.3 Å². The number of hydrogen-bond donors (Lipinski definition) is 0. The molecule has 2 fully saturated rings. The SMILES string of the molecule is N#Cc1ccc(N2C[C@H]3[C@H]4C=C[C@H](C4)[C@@]3(C(=O)OCc3ccccc3)S2(=O)=O)cc1C(F)(F)F. The van der Waals surface area contributed by atoms with Crippen molar-refractivity contribution in [2.75, 3.05) is 10.8 Å². The number of carbonyl (C=O) groups is 1. The quantitative estimate of drug-likeness (QED) is 0.479. The summed E-state index contributed by atoms with van der Waals surface area (Å²) in [7, 11) is -4.44. The van der Waals surface area contributed by atoms with Crippen LogP contribution in [0.4, 0.5) is 18.9 Å².